The van der Waals surface area contributed by atoms with Crippen LogP contribution in [0.5, 0.6) is 0 Å². The molecule has 0 amide bonds. The molecule has 1 aliphatic heterocycles. The number of rotatable bonds is 6. The molecule has 1 saturated carbocycles. The van der Waals surface area contributed by atoms with E-state index in [1.54, 1.807) is 0 Å². The van der Waals surface area contributed by atoms with Gasteiger partial charge in [-0.2, -0.15) is 0 Å². The maximum absolute atomic E-state index is 3.61. The first-order chi connectivity index (χ1) is 8.15. The van der Waals surface area contributed by atoms with Gasteiger partial charge in [0.2, 0.25) is 0 Å². The molecule has 0 radical (unpaired) electrons. The molecule has 100 valence electrons. The van der Waals surface area contributed by atoms with E-state index in [1.165, 1.54) is 51.6 Å². The van der Waals surface area contributed by atoms with Gasteiger partial charge in [-0.15, -0.1) is 0 Å². The fourth-order valence-corrected chi connectivity index (χ4v) is 3.70. The second kappa shape index (κ2) is 6.22. The highest BCUT2D eigenvalue weighted by atomic mass is 14.9. The molecule has 1 aliphatic carbocycles. The van der Waals surface area contributed by atoms with E-state index >= 15 is 0 Å². The van der Waals surface area contributed by atoms with Crippen LogP contribution in [0, 0.1) is 29.6 Å². The van der Waals surface area contributed by atoms with Crippen LogP contribution in [0.25, 0.3) is 0 Å². The first-order valence-corrected chi connectivity index (χ1v) is 7.85. The van der Waals surface area contributed by atoms with Crippen molar-refractivity contribution < 1.29 is 0 Å². The maximum atomic E-state index is 3.61. The average molecular weight is 237 g/mol. The van der Waals surface area contributed by atoms with E-state index in [1.807, 2.05) is 0 Å². The highest BCUT2D eigenvalue weighted by molar-refractivity contribution is 4.82. The summed E-state index contributed by atoms with van der Waals surface area (Å²) in [7, 11) is 0. The summed E-state index contributed by atoms with van der Waals surface area (Å²) in [5, 5.41) is 3.61. The van der Waals surface area contributed by atoms with Gasteiger partial charge in [-0.3, -0.25) is 0 Å². The highest BCUT2D eigenvalue weighted by Gasteiger charge is 2.29. The van der Waals surface area contributed by atoms with Crippen molar-refractivity contribution in [1.82, 2.24) is 5.32 Å². The summed E-state index contributed by atoms with van der Waals surface area (Å²) < 4.78 is 0. The zero-order valence-corrected chi connectivity index (χ0v) is 12.0. The molecule has 1 heterocycles. The molecule has 2 aliphatic rings. The van der Waals surface area contributed by atoms with E-state index < -0.39 is 0 Å². The van der Waals surface area contributed by atoms with Crippen LogP contribution < -0.4 is 5.32 Å². The lowest BCUT2D eigenvalue weighted by Gasteiger charge is -2.35. The quantitative estimate of drug-likeness (QED) is 0.734. The zero-order chi connectivity index (χ0) is 12.3. The second-order valence-electron chi connectivity index (χ2n) is 7.16. The van der Waals surface area contributed by atoms with Gasteiger partial charge in [0.15, 0.2) is 0 Å². The Hall–Kier alpha value is -0.0400. The van der Waals surface area contributed by atoms with Crippen LogP contribution in [0.15, 0.2) is 0 Å². The SMILES string of the molecule is CC(C)CC1CCNCC1CC(C)CC1CC1. The van der Waals surface area contributed by atoms with Crippen LogP contribution in [0.3, 0.4) is 0 Å². The van der Waals surface area contributed by atoms with Gasteiger partial charge in [0, 0.05) is 0 Å². The molecule has 0 aromatic rings. The van der Waals surface area contributed by atoms with Crippen molar-refractivity contribution in [3.63, 3.8) is 0 Å². The first-order valence-electron chi connectivity index (χ1n) is 7.85. The third kappa shape index (κ3) is 4.62. The van der Waals surface area contributed by atoms with Crippen molar-refractivity contribution in [2.75, 3.05) is 13.1 Å². The van der Waals surface area contributed by atoms with Crippen molar-refractivity contribution in [3.05, 3.63) is 0 Å². The van der Waals surface area contributed by atoms with Crippen LogP contribution in [0.4, 0.5) is 0 Å². The van der Waals surface area contributed by atoms with Crippen LogP contribution >= 0.6 is 0 Å². The third-order valence-electron chi connectivity index (χ3n) is 4.68. The van der Waals surface area contributed by atoms with Gasteiger partial charge in [-0.25, -0.2) is 0 Å². The van der Waals surface area contributed by atoms with Gasteiger partial charge in [0.1, 0.15) is 0 Å². The van der Waals surface area contributed by atoms with E-state index in [4.69, 9.17) is 0 Å². The standard InChI is InChI=1S/C16H31N/c1-12(2)8-15-6-7-17-11-16(15)10-13(3)9-14-4-5-14/h12-17H,4-11H2,1-3H3. The van der Waals surface area contributed by atoms with Crippen LogP contribution in [0.2, 0.25) is 0 Å². The van der Waals surface area contributed by atoms with Crippen molar-refractivity contribution in [2.24, 2.45) is 29.6 Å². The Labute approximate surface area is 108 Å². The smallest absolute Gasteiger partial charge is 0.00178 e. The molecule has 3 unspecified atom stereocenters. The van der Waals surface area contributed by atoms with Crippen LogP contribution in [-0.4, -0.2) is 13.1 Å². The van der Waals surface area contributed by atoms with Crippen LogP contribution in [0.1, 0.15) is 59.3 Å². The Morgan fingerprint density at radius 1 is 0.941 bits per heavy atom. The van der Waals surface area contributed by atoms with Gasteiger partial charge in [-0.1, -0.05) is 33.6 Å². The summed E-state index contributed by atoms with van der Waals surface area (Å²) in [5.74, 6) is 4.89. The predicted octanol–water partition coefficient (Wildman–Crippen LogP) is 4.08. The molecule has 2 rings (SSSR count). The van der Waals surface area contributed by atoms with Gasteiger partial charge in [0.25, 0.3) is 0 Å². The van der Waals surface area contributed by atoms with Crippen molar-refractivity contribution in [2.45, 2.75) is 59.3 Å². The van der Waals surface area contributed by atoms with Crippen molar-refractivity contribution in [1.29, 1.82) is 0 Å². The normalized spacial score (nSPS) is 31.8. The lowest BCUT2D eigenvalue weighted by molar-refractivity contribution is 0.184. The minimum Gasteiger partial charge on any atom is -0.316 e. The van der Waals surface area contributed by atoms with E-state index in [0.29, 0.717) is 0 Å². The Bertz CT molecular complexity index is 220. The molecular weight excluding hydrogens is 206 g/mol. The molecule has 1 N–H and O–H groups in total. The minimum absolute atomic E-state index is 0.874. The van der Waals surface area contributed by atoms with E-state index in [2.05, 4.69) is 26.1 Å². The molecule has 0 bridgehead atoms. The second-order valence-corrected chi connectivity index (χ2v) is 7.16. The monoisotopic (exact) mass is 237 g/mol. The minimum atomic E-state index is 0.874. The molecule has 2 fully saturated rings. The molecule has 3 atom stereocenters. The molecular formula is C16H31N. The summed E-state index contributed by atoms with van der Waals surface area (Å²) in [5.41, 5.74) is 0. The Morgan fingerprint density at radius 2 is 1.71 bits per heavy atom. The van der Waals surface area contributed by atoms with Crippen LogP contribution in [-0.2, 0) is 0 Å². The number of piperidine rings is 1. The van der Waals surface area contributed by atoms with E-state index in [9.17, 15) is 0 Å². The number of hydrogen-bond acceptors (Lipinski definition) is 1. The summed E-state index contributed by atoms with van der Waals surface area (Å²) in [6.07, 6.45) is 8.87. The Kier molecular flexibility index (Phi) is 4.90. The fraction of sp³-hybridized carbons (Fsp3) is 1.00. The average Bonchev–Trinajstić information content (AvgIpc) is 3.04. The van der Waals surface area contributed by atoms with Crippen molar-refractivity contribution >= 4 is 0 Å². The largest absolute Gasteiger partial charge is 0.316 e. The fourth-order valence-electron chi connectivity index (χ4n) is 3.70. The summed E-state index contributed by atoms with van der Waals surface area (Å²) in [6, 6.07) is 0. The molecule has 0 spiro atoms. The van der Waals surface area contributed by atoms with Crippen molar-refractivity contribution in [3.8, 4) is 0 Å². The lowest BCUT2D eigenvalue weighted by Crippen LogP contribution is -2.38. The van der Waals surface area contributed by atoms with E-state index in [-0.39, 0.29) is 0 Å². The maximum Gasteiger partial charge on any atom is -0.00178 e. The van der Waals surface area contributed by atoms with Gasteiger partial charge < -0.3 is 5.32 Å². The van der Waals surface area contributed by atoms with Gasteiger partial charge in [0.05, 0.1) is 0 Å². The summed E-state index contributed by atoms with van der Waals surface area (Å²) >= 11 is 0. The molecule has 1 heteroatoms. The van der Waals surface area contributed by atoms with Gasteiger partial charge >= 0.3 is 0 Å². The molecule has 0 aromatic carbocycles. The summed E-state index contributed by atoms with van der Waals surface area (Å²) in [6.45, 7) is 9.79. The molecule has 1 nitrogen and oxygen atoms in total. The van der Waals surface area contributed by atoms with E-state index in [0.717, 1.165) is 29.6 Å². The lowest BCUT2D eigenvalue weighted by atomic mass is 9.76. The van der Waals surface area contributed by atoms with Gasteiger partial charge in [-0.05, 0) is 68.4 Å². The third-order valence-corrected chi connectivity index (χ3v) is 4.68. The molecule has 17 heavy (non-hydrogen) atoms. The molecule has 0 aromatic heterocycles. The summed E-state index contributed by atoms with van der Waals surface area (Å²) in [4.78, 5) is 0. The Morgan fingerprint density at radius 3 is 2.35 bits per heavy atom. The highest BCUT2D eigenvalue weighted by Crippen LogP contribution is 2.38. The predicted molar refractivity (Wildman–Crippen MR) is 75.0 cm³/mol. The topological polar surface area (TPSA) is 12.0 Å². The zero-order valence-electron chi connectivity index (χ0n) is 12.0. The number of nitrogens with one attached hydrogen (secondary N) is 1. The number of hydrogen-bond donors (Lipinski definition) is 1. The first kappa shape index (κ1) is 13.4. The molecule has 1 saturated heterocycles. The Balaban J connectivity index is 1.77.